The van der Waals surface area contributed by atoms with Crippen LogP contribution in [0, 0.1) is 19.8 Å². The summed E-state index contributed by atoms with van der Waals surface area (Å²) in [5, 5.41) is 4.29. The van der Waals surface area contributed by atoms with E-state index in [4.69, 9.17) is 9.57 Å². The lowest BCUT2D eigenvalue weighted by molar-refractivity contribution is -0.137. The van der Waals surface area contributed by atoms with Crippen LogP contribution in [0.25, 0.3) is 0 Å². The minimum atomic E-state index is -0.335. The highest BCUT2D eigenvalue weighted by Crippen LogP contribution is 2.21. The van der Waals surface area contributed by atoms with Crippen LogP contribution in [0.4, 0.5) is 0 Å². The third-order valence-corrected chi connectivity index (χ3v) is 5.81. The molecule has 6 nitrogen and oxygen atoms in total. The summed E-state index contributed by atoms with van der Waals surface area (Å²) in [4.78, 5) is 32.5. The van der Waals surface area contributed by atoms with Gasteiger partial charge in [-0.2, -0.15) is 0 Å². The van der Waals surface area contributed by atoms with Crippen molar-refractivity contribution in [3.8, 4) is 0 Å². The van der Waals surface area contributed by atoms with Gasteiger partial charge < -0.3 is 14.5 Å². The average Bonchev–Trinajstić information content (AvgIpc) is 2.77. The summed E-state index contributed by atoms with van der Waals surface area (Å²) in [6.07, 6.45) is 12.4. The number of oxime groups is 1. The summed E-state index contributed by atoms with van der Waals surface area (Å²) >= 11 is 0. The molecule has 1 atom stereocenters. The third kappa shape index (κ3) is 6.81. The van der Waals surface area contributed by atoms with Crippen LogP contribution in [0.5, 0.6) is 0 Å². The Morgan fingerprint density at radius 3 is 2.75 bits per heavy atom. The molecule has 172 valence electrons. The number of fused-ring (bicyclic) bond motifs is 1. The molecule has 2 aliphatic rings. The summed E-state index contributed by atoms with van der Waals surface area (Å²) in [5.41, 5.74) is 4.03. The van der Waals surface area contributed by atoms with Gasteiger partial charge in [-0.1, -0.05) is 48.0 Å². The van der Waals surface area contributed by atoms with Crippen LogP contribution in [0.15, 0.2) is 41.6 Å². The fraction of sp³-hybridized carbons (Fsp3) is 0.500. The van der Waals surface area contributed by atoms with Crippen LogP contribution in [-0.4, -0.2) is 48.8 Å². The van der Waals surface area contributed by atoms with E-state index in [0.717, 1.165) is 49.0 Å². The molecule has 3 rings (SSSR count). The van der Waals surface area contributed by atoms with E-state index in [-0.39, 0.29) is 25.1 Å². The molecule has 0 spiro atoms. The van der Waals surface area contributed by atoms with Crippen molar-refractivity contribution < 1.29 is 19.2 Å². The number of ether oxygens (including phenoxy) is 1. The van der Waals surface area contributed by atoms with Crippen molar-refractivity contribution in [1.29, 1.82) is 0 Å². The molecule has 1 aromatic rings. The number of aryl methyl sites for hydroxylation is 2. The number of rotatable bonds is 3. The van der Waals surface area contributed by atoms with E-state index in [2.05, 4.69) is 18.2 Å². The number of allylic oxidation sites excluding steroid dienone is 3. The van der Waals surface area contributed by atoms with Gasteiger partial charge in [0.05, 0.1) is 11.3 Å². The van der Waals surface area contributed by atoms with Crippen LogP contribution in [-0.2, 0) is 20.8 Å². The first kappa shape index (κ1) is 23.8. The summed E-state index contributed by atoms with van der Waals surface area (Å²) in [6, 6.07) is 3.97. The Balaban J connectivity index is 1.83. The zero-order valence-electron chi connectivity index (χ0n) is 19.4. The smallest absolute Gasteiger partial charge is 0.339 e. The fourth-order valence-corrected chi connectivity index (χ4v) is 4.19. The molecule has 0 aliphatic carbocycles. The van der Waals surface area contributed by atoms with Crippen molar-refractivity contribution in [3.05, 3.63) is 58.7 Å². The molecule has 1 saturated heterocycles. The average molecular weight is 439 g/mol. The molecule has 1 amide bonds. The van der Waals surface area contributed by atoms with Gasteiger partial charge >= 0.3 is 5.97 Å². The van der Waals surface area contributed by atoms with E-state index in [9.17, 15) is 9.59 Å². The van der Waals surface area contributed by atoms with Crippen molar-refractivity contribution in [2.75, 3.05) is 26.3 Å². The normalized spacial score (nSPS) is 22.2. The highest BCUT2D eigenvalue weighted by molar-refractivity contribution is 6.00. The van der Waals surface area contributed by atoms with Crippen molar-refractivity contribution >= 4 is 17.6 Å². The van der Waals surface area contributed by atoms with Crippen LogP contribution in [0.2, 0.25) is 0 Å². The van der Waals surface area contributed by atoms with Crippen molar-refractivity contribution in [1.82, 2.24) is 4.90 Å². The van der Waals surface area contributed by atoms with Gasteiger partial charge in [0.2, 0.25) is 0 Å². The van der Waals surface area contributed by atoms with Crippen molar-refractivity contribution in [2.45, 2.75) is 52.9 Å². The minimum Gasteiger partial charge on any atom is -0.458 e. The molecule has 0 radical (unpaired) electrons. The van der Waals surface area contributed by atoms with Crippen molar-refractivity contribution in [3.63, 3.8) is 0 Å². The van der Waals surface area contributed by atoms with Gasteiger partial charge in [-0.15, -0.1) is 0 Å². The van der Waals surface area contributed by atoms with Crippen LogP contribution in [0.1, 0.15) is 59.7 Å². The molecule has 0 saturated carbocycles. The van der Waals surface area contributed by atoms with Gasteiger partial charge in [0.1, 0.15) is 6.61 Å². The van der Waals surface area contributed by atoms with Gasteiger partial charge in [-0.25, -0.2) is 4.79 Å². The second-order valence-corrected chi connectivity index (χ2v) is 8.73. The maximum Gasteiger partial charge on any atom is 0.339 e. The Morgan fingerprint density at radius 1 is 1.19 bits per heavy atom. The zero-order valence-corrected chi connectivity index (χ0v) is 19.4. The Hall–Kier alpha value is -2.89. The number of carbonyl (C=O) groups excluding carboxylic acids is 2. The van der Waals surface area contributed by atoms with E-state index < -0.39 is 0 Å². The lowest BCUT2D eigenvalue weighted by Crippen LogP contribution is -2.37. The summed E-state index contributed by atoms with van der Waals surface area (Å²) in [5.74, 6) is -0.0596. The van der Waals surface area contributed by atoms with Gasteiger partial charge in [0.15, 0.2) is 6.61 Å². The van der Waals surface area contributed by atoms with Gasteiger partial charge in [-0.3, -0.25) is 4.79 Å². The molecule has 1 unspecified atom stereocenters. The topological polar surface area (TPSA) is 68.2 Å². The predicted molar refractivity (Wildman–Crippen MR) is 126 cm³/mol. The van der Waals surface area contributed by atoms with E-state index in [1.807, 2.05) is 49.1 Å². The molecule has 0 aromatic heterocycles. The number of cyclic esters (lactones) is 1. The maximum atomic E-state index is 12.8. The molecule has 2 heterocycles. The summed E-state index contributed by atoms with van der Waals surface area (Å²) < 4.78 is 5.50. The highest BCUT2D eigenvalue weighted by atomic mass is 16.6. The van der Waals surface area contributed by atoms with Gasteiger partial charge in [-0.05, 0) is 62.7 Å². The van der Waals surface area contributed by atoms with Gasteiger partial charge in [0, 0.05) is 19.5 Å². The van der Waals surface area contributed by atoms with E-state index in [0.29, 0.717) is 23.6 Å². The molecule has 2 aliphatic heterocycles. The number of carbonyl (C=O) groups is 2. The Bertz CT molecular complexity index is 911. The van der Waals surface area contributed by atoms with Crippen molar-refractivity contribution in [2.24, 2.45) is 11.1 Å². The largest absolute Gasteiger partial charge is 0.458 e. The maximum absolute atomic E-state index is 12.8. The molecule has 1 aromatic carbocycles. The molecular formula is C26H34N2O4. The monoisotopic (exact) mass is 438 g/mol. The van der Waals surface area contributed by atoms with E-state index >= 15 is 0 Å². The molecule has 32 heavy (non-hydrogen) atoms. The van der Waals surface area contributed by atoms with Gasteiger partial charge in [0.25, 0.3) is 5.91 Å². The standard InChI is InChI=1S/C26H34N2O4/c1-19-9-7-11-23(27-32-18-24(29)28-12-5-4-6-13-28)17-22-16-20(2)15-21(3)25(22)26(30)31-14-8-10-19/h7-8,10-11,15-16,19H,4-6,9,12-14,17-18H2,1-3H3/b10-8?,11-7+,27-23+. The number of hydrogen-bond donors (Lipinski definition) is 0. The fourth-order valence-electron chi connectivity index (χ4n) is 4.19. The first-order valence-corrected chi connectivity index (χ1v) is 11.5. The SMILES string of the molecule is Cc1cc(C)c2c(c1)CC(=N/OCC(=O)N1CCCCC1)/C=C/CC(C)C=CCOC2=O. The lowest BCUT2D eigenvalue weighted by atomic mass is 9.95. The van der Waals surface area contributed by atoms with Crippen LogP contribution in [0.3, 0.4) is 0 Å². The number of hydrogen-bond acceptors (Lipinski definition) is 5. The minimum absolute atomic E-state index is 0.0305. The molecule has 0 bridgehead atoms. The predicted octanol–water partition coefficient (Wildman–Crippen LogP) is 4.54. The van der Waals surface area contributed by atoms with Crippen LogP contribution >= 0.6 is 0 Å². The molecule has 0 N–H and O–H groups in total. The highest BCUT2D eigenvalue weighted by Gasteiger charge is 2.19. The number of nitrogens with zero attached hydrogens (tertiary/aromatic N) is 2. The Kier molecular flexibility index (Phi) is 8.65. The molecular weight excluding hydrogens is 404 g/mol. The zero-order chi connectivity index (χ0) is 22.9. The quantitative estimate of drug-likeness (QED) is 0.395. The third-order valence-electron chi connectivity index (χ3n) is 5.81. The Labute approximate surface area is 190 Å². The first-order chi connectivity index (χ1) is 15.4. The Morgan fingerprint density at radius 2 is 1.97 bits per heavy atom. The summed E-state index contributed by atoms with van der Waals surface area (Å²) in [6.45, 7) is 7.79. The number of piperidine rings is 1. The number of esters is 1. The molecule has 6 heteroatoms. The first-order valence-electron chi connectivity index (χ1n) is 11.5. The second kappa shape index (κ2) is 11.7. The number of benzene rings is 1. The number of likely N-dealkylation sites (tertiary alicyclic amines) is 1. The lowest BCUT2D eigenvalue weighted by Gasteiger charge is -2.26. The number of amides is 1. The van der Waals surface area contributed by atoms with E-state index in [1.165, 1.54) is 6.42 Å². The second-order valence-electron chi connectivity index (χ2n) is 8.73. The molecule has 1 fully saturated rings. The van der Waals surface area contributed by atoms with E-state index in [1.54, 1.807) is 0 Å². The van der Waals surface area contributed by atoms with Crippen LogP contribution < -0.4 is 0 Å². The summed E-state index contributed by atoms with van der Waals surface area (Å²) in [7, 11) is 0.